The van der Waals surface area contributed by atoms with Crippen molar-refractivity contribution in [3.8, 4) is 0 Å². The minimum absolute atomic E-state index is 0.130. The van der Waals surface area contributed by atoms with Crippen LogP contribution in [0.1, 0.15) is 71.3 Å². The number of hydrogen-bond acceptors (Lipinski definition) is 2. The van der Waals surface area contributed by atoms with Crippen LogP contribution in [0.15, 0.2) is 42.3 Å². The number of carbonyl (C=O) groups excluding carboxylic acids is 1. The highest BCUT2D eigenvalue weighted by Gasteiger charge is 2.56. The van der Waals surface area contributed by atoms with Crippen molar-refractivity contribution in [2.45, 2.75) is 71.8 Å². The first-order valence-electron chi connectivity index (χ1n) is 11.5. The summed E-state index contributed by atoms with van der Waals surface area (Å²) < 4.78 is 0. The second-order valence-corrected chi connectivity index (χ2v) is 10.5. The van der Waals surface area contributed by atoms with Crippen LogP contribution < -0.4 is 5.32 Å². The lowest BCUT2D eigenvalue weighted by atomic mass is 9.46. The Morgan fingerprint density at radius 1 is 1.14 bits per heavy atom. The van der Waals surface area contributed by atoms with Gasteiger partial charge in [0.2, 0.25) is 5.91 Å². The number of nitrogens with zero attached hydrogens (tertiary/aromatic N) is 1. The van der Waals surface area contributed by atoms with Gasteiger partial charge in [0, 0.05) is 30.8 Å². The summed E-state index contributed by atoms with van der Waals surface area (Å²) in [6.07, 6.45) is 17.5. The Labute approximate surface area is 175 Å². The Morgan fingerprint density at radius 3 is 2.76 bits per heavy atom. The predicted molar refractivity (Wildman–Crippen MR) is 117 cm³/mol. The van der Waals surface area contributed by atoms with Crippen molar-refractivity contribution in [3.63, 3.8) is 0 Å². The number of fused-ring (bicyclic) bond motifs is 5. The Balaban J connectivity index is 1.38. The Morgan fingerprint density at radius 2 is 2.00 bits per heavy atom. The molecule has 5 rings (SSSR count). The van der Waals surface area contributed by atoms with Gasteiger partial charge in [0.1, 0.15) is 0 Å². The van der Waals surface area contributed by atoms with Gasteiger partial charge in [-0.3, -0.25) is 9.78 Å². The molecule has 29 heavy (non-hydrogen) atoms. The largest absolute Gasteiger partial charge is 0.354 e. The maximum Gasteiger partial charge on any atom is 0.217 e. The van der Waals surface area contributed by atoms with Crippen molar-refractivity contribution in [1.29, 1.82) is 0 Å². The Bertz CT molecular complexity index is 872. The maximum atomic E-state index is 11.6. The highest BCUT2D eigenvalue weighted by Crippen LogP contribution is 2.66. The lowest BCUT2D eigenvalue weighted by molar-refractivity contribution is -0.121. The number of rotatable bonds is 2. The van der Waals surface area contributed by atoms with Gasteiger partial charge in [-0.2, -0.15) is 0 Å². The minimum atomic E-state index is 0.130. The van der Waals surface area contributed by atoms with E-state index in [-0.39, 0.29) is 11.3 Å². The van der Waals surface area contributed by atoms with E-state index in [0.717, 1.165) is 24.2 Å². The lowest BCUT2D eigenvalue weighted by Gasteiger charge is -2.59. The van der Waals surface area contributed by atoms with Gasteiger partial charge in [0.15, 0.2) is 0 Å². The number of amides is 1. The number of aromatic nitrogens is 1. The summed E-state index contributed by atoms with van der Waals surface area (Å²) in [6.45, 7) is 6.71. The monoisotopic (exact) mass is 390 g/mol. The van der Waals surface area contributed by atoms with Gasteiger partial charge >= 0.3 is 0 Å². The van der Waals surface area contributed by atoms with Crippen LogP contribution in [0.25, 0.3) is 5.57 Å². The molecule has 4 aliphatic carbocycles. The molecule has 1 unspecified atom stereocenters. The molecule has 1 aromatic heterocycles. The Hall–Kier alpha value is -1.90. The van der Waals surface area contributed by atoms with E-state index in [1.54, 1.807) is 12.5 Å². The molecule has 4 aliphatic rings. The van der Waals surface area contributed by atoms with Crippen LogP contribution in [0.5, 0.6) is 0 Å². The molecule has 3 saturated carbocycles. The van der Waals surface area contributed by atoms with Gasteiger partial charge in [-0.25, -0.2) is 0 Å². The molecule has 1 amide bonds. The summed E-state index contributed by atoms with van der Waals surface area (Å²) in [4.78, 5) is 15.9. The molecule has 1 heterocycles. The molecule has 6 atom stereocenters. The molecule has 3 heteroatoms. The molecular weight excluding hydrogens is 356 g/mol. The molecule has 0 spiro atoms. The van der Waals surface area contributed by atoms with Crippen LogP contribution >= 0.6 is 0 Å². The van der Waals surface area contributed by atoms with E-state index < -0.39 is 0 Å². The molecule has 0 bridgehead atoms. The lowest BCUT2D eigenvalue weighted by Crippen LogP contribution is -2.53. The average molecular weight is 391 g/mol. The zero-order valence-corrected chi connectivity index (χ0v) is 18.1. The van der Waals surface area contributed by atoms with E-state index in [0.29, 0.717) is 11.5 Å². The van der Waals surface area contributed by atoms with Crippen LogP contribution in [0, 0.1) is 28.6 Å². The van der Waals surface area contributed by atoms with Crippen molar-refractivity contribution in [3.05, 3.63) is 47.8 Å². The molecule has 0 saturated heterocycles. The minimum Gasteiger partial charge on any atom is -0.354 e. The van der Waals surface area contributed by atoms with E-state index in [4.69, 9.17) is 0 Å². The van der Waals surface area contributed by atoms with Crippen LogP contribution in [-0.2, 0) is 4.79 Å². The van der Waals surface area contributed by atoms with Crippen LogP contribution in [0.4, 0.5) is 0 Å². The van der Waals surface area contributed by atoms with Crippen molar-refractivity contribution < 1.29 is 4.79 Å². The maximum absolute atomic E-state index is 11.6. The second-order valence-electron chi connectivity index (χ2n) is 10.5. The third-order valence-electron chi connectivity index (χ3n) is 9.09. The van der Waals surface area contributed by atoms with Gasteiger partial charge in [-0.05, 0) is 85.3 Å². The fourth-order valence-corrected chi connectivity index (χ4v) is 7.61. The number of nitrogens with one attached hydrogen (secondary N) is 1. The number of carbonyl (C=O) groups is 1. The second kappa shape index (κ2) is 6.82. The first-order chi connectivity index (χ1) is 13.9. The summed E-state index contributed by atoms with van der Waals surface area (Å²) >= 11 is 0. The number of allylic oxidation sites excluding steroid dienone is 4. The Kier molecular flexibility index (Phi) is 4.49. The third-order valence-corrected chi connectivity index (χ3v) is 9.09. The van der Waals surface area contributed by atoms with E-state index in [9.17, 15) is 4.79 Å². The molecule has 3 nitrogen and oxygen atoms in total. The molecule has 1 N–H and O–H groups in total. The van der Waals surface area contributed by atoms with E-state index in [1.165, 1.54) is 49.7 Å². The molecule has 0 aliphatic heterocycles. The zero-order valence-electron chi connectivity index (χ0n) is 18.1. The topological polar surface area (TPSA) is 42.0 Å². The smallest absolute Gasteiger partial charge is 0.217 e. The molecule has 1 aromatic rings. The first-order valence-corrected chi connectivity index (χ1v) is 11.5. The van der Waals surface area contributed by atoms with Gasteiger partial charge < -0.3 is 5.32 Å². The van der Waals surface area contributed by atoms with Crippen LogP contribution in [-0.4, -0.2) is 16.9 Å². The zero-order chi connectivity index (χ0) is 20.2. The van der Waals surface area contributed by atoms with Crippen molar-refractivity contribution in [2.75, 3.05) is 0 Å². The van der Waals surface area contributed by atoms with Crippen molar-refractivity contribution in [1.82, 2.24) is 10.3 Å². The van der Waals surface area contributed by atoms with E-state index in [1.807, 2.05) is 12.4 Å². The summed E-state index contributed by atoms with van der Waals surface area (Å²) in [5.41, 5.74) is 5.06. The molecule has 3 fully saturated rings. The van der Waals surface area contributed by atoms with E-state index in [2.05, 4.69) is 48.4 Å². The predicted octanol–water partition coefficient (Wildman–Crippen LogP) is 5.54. The third kappa shape index (κ3) is 2.92. The molecular formula is C26H34N2O. The summed E-state index contributed by atoms with van der Waals surface area (Å²) in [5, 5.41) is 3.21. The normalized spacial score (nSPS) is 40.8. The quantitative estimate of drug-likeness (QED) is 0.720. The molecule has 0 aromatic carbocycles. The molecule has 154 valence electrons. The van der Waals surface area contributed by atoms with Crippen molar-refractivity contribution >= 4 is 11.5 Å². The summed E-state index contributed by atoms with van der Waals surface area (Å²) in [6, 6.07) is 4.66. The fraction of sp³-hybridized carbons (Fsp3) is 0.615. The molecule has 0 radical (unpaired) electrons. The number of pyridine rings is 1. The number of hydrogen-bond donors (Lipinski definition) is 1. The highest BCUT2D eigenvalue weighted by molar-refractivity contribution is 5.78. The SMILES string of the molecule is CC(=O)N[C@@H]1CC[C@@]2(C)C(CC[C@H]3C4=CC=C(c5cccnc5)[C@@]4(C)CC[C@@H]32)C1. The summed E-state index contributed by atoms with van der Waals surface area (Å²) in [5.74, 6) is 2.40. The van der Waals surface area contributed by atoms with Gasteiger partial charge in [0.05, 0.1) is 0 Å². The van der Waals surface area contributed by atoms with Gasteiger partial charge in [-0.1, -0.05) is 37.6 Å². The van der Waals surface area contributed by atoms with Crippen molar-refractivity contribution in [2.24, 2.45) is 28.6 Å². The standard InChI is InChI=1S/C26H34N2O/c1-17(29)28-20-10-12-25(2)19(15-20)6-7-21-23-9-8-22(18-5-4-14-27-16-18)26(23,3)13-11-24(21)25/h4-5,8-9,14,16,19-21,24H,6-7,10-13,15H2,1-3H3,(H,28,29)/t19?,20-,21+,24+,25+,26-/m1/s1. The fourth-order valence-electron chi connectivity index (χ4n) is 7.61. The van der Waals surface area contributed by atoms with Gasteiger partial charge in [-0.15, -0.1) is 0 Å². The summed E-state index contributed by atoms with van der Waals surface area (Å²) in [7, 11) is 0. The van der Waals surface area contributed by atoms with Crippen LogP contribution in [0.2, 0.25) is 0 Å². The van der Waals surface area contributed by atoms with Gasteiger partial charge in [0.25, 0.3) is 0 Å². The van der Waals surface area contributed by atoms with Crippen LogP contribution in [0.3, 0.4) is 0 Å². The first kappa shape index (κ1) is 19.1. The van der Waals surface area contributed by atoms with E-state index >= 15 is 0 Å². The average Bonchev–Trinajstić information content (AvgIpc) is 3.06. The highest BCUT2D eigenvalue weighted by atomic mass is 16.1.